The number of esters is 1. The molecule has 136 valence electrons. The van der Waals surface area contributed by atoms with Gasteiger partial charge >= 0.3 is 5.97 Å². The lowest BCUT2D eigenvalue weighted by Gasteiger charge is -2.32. The van der Waals surface area contributed by atoms with Crippen molar-refractivity contribution in [1.82, 2.24) is 0 Å². The van der Waals surface area contributed by atoms with Crippen LogP contribution in [0.1, 0.15) is 24.4 Å². The number of hydrogen-bond donors (Lipinski definition) is 2. The molecule has 1 aliphatic rings. The smallest absolute Gasteiger partial charge is 0.360 e. The number of fused-ring (bicyclic) bond motifs is 1. The predicted molar refractivity (Wildman–Crippen MR) is 95.1 cm³/mol. The predicted octanol–water partition coefficient (Wildman–Crippen LogP) is 2.95. The van der Waals surface area contributed by atoms with Crippen molar-refractivity contribution in [3.05, 3.63) is 40.8 Å². The molecule has 3 rings (SSSR count). The fourth-order valence-electron chi connectivity index (χ4n) is 2.33. The molecule has 1 aromatic heterocycles. The van der Waals surface area contributed by atoms with Crippen LogP contribution < -0.4 is 15.4 Å². The van der Waals surface area contributed by atoms with Crippen molar-refractivity contribution >= 4 is 45.1 Å². The summed E-state index contributed by atoms with van der Waals surface area (Å²) in [5.74, 6) is -1.51. The van der Waals surface area contributed by atoms with Gasteiger partial charge in [0.1, 0.15) is 5.75 Å². The second-order valence-corrected chi connectivity index (χ2v) is 6.36. The number of furan rings is 1. The largest absolute Gasteiger partial charge is 0.464 e. The molecule has 9 heteroatoms. The van der Waals surface area contributed by atoms with Crippen LogP contribution >= 0.6 is 15.9 Å². The van der Waals surface area contributed by atoms with Crippen molar-refractivity contribution in [3.63, 3.8) is 0 Å². The maximum atomic E-state index is 12.2. The van der Waals surface area contributed by atoms with E-state index in [1.165, 1.54) is 19.1 Å². The molecule has 2 N–H and O–H groups in total. The summed E-state index contributed by atoms with van der Waals surface area (Å²) in [5, 5.41) is 5.26. The number of nitrogens with one attached hydrogen (secondary N) is 2. The Labute approximate surface area is 157 Å². The van der Waals surface area contributed by atoms with Crippen LogP contribution in [0, 0.1) is 0 Å². The fourth-order valence-corrected chi connectivity index (χ4v) is 2.63. The Bertz CT molecular complexity index is 893. The first-order chi connectivity index (χ1) is 12.3. The van der Waals surface area contributed by atoms with Crippen molar-refractivity contribution in [2.75, 3.05) is 17.2 Å². The highest BCUT2D eigenvalue weighted by Crippen LogP contribution is 2.36. The lowest BCUT2D eigenvalue weighted by molar-refractivity contribution is -0.165. The van der Waals surface area contributed by atoms with Gasteiger partial charge in [-0.2, -0.15) is 0 Å². The minimum Gasteiger partial charge on any atom is -0.464 e. The highest BCUT2D eigenvalue weighted by molar-refractivity contribution is 9.10. The number of hydrogen-bond acceptors (Lipinski definition) is 6. The van der Waals surface area contributed by atoms with Crippen molar-refractivity contribution in [3.8, 4) is 5.75 Å². The van der Waals surface area contributed by atoms with E-state index >= 15 is 0 Å². The Hall–Kier alpha value is -2.81. The standard InChI is InChI=1S/C17H15BrN2O6/c1-3-24-16(23)17(2)15(22)20-10-5-4-9(8-12(10)26-17)19-14(21)11-6-7-13(18)25-11/h4-8H,3H2,1-2H3,(H,19,21)(H,20,22)/t17-/m0/s1. The quantitative estimate of drug-likeness (QED) is 0.579. The van der Waals surface area contributed by atoms with E-state index in [9.17, 15) is 14.4 Å². The highest BCUT2D eigenvalue weighted by atomic mass is 79.9. The Morgan fingerprint density at radius 1 is 1.31 bits per heavy atom. The minimum atomic E-state index is -1.81. The van der Waals surface area contributed by atoms with E-state index in [0.717, 1.165) is 0 Å². The number of rotatable bonds is 4. The first-order valence-electron chi connectivity index (χ1n) is 7.72. The van der Waals surface area contributed by atoms with E-state index in [4.69, 9.17) is 13.9 Å². The average Bonchev–Trinajstić information content (AvgIpc) is 3.03. The van der Waals surface area contributed by atoms with Gasteiger partial charge in [0.05, 0.1) is 12.3 Å². The second-order valence-electron chi connectivity index (χ2n) is 5.58. The molecular weight excluding hydrogens is 408 g/mol. The Balaban J connectivity index is 1.83. The fraction of sp³-hybridized carbons (Fsp3) is 0.235. The van der Waals surface area contributed by atoms with Crippen LogP contribution in [-0.4, -0.2) is 30.0 Å². The van der Waals surface area contributed by atoms with Crippen molar-refractivity contribution in [2.45, 2.75) is 19.4 Å². The van der Waals surface area contributed by atoms with E-state index in [0.29, 0.717) is 16.0 Å². The zero-order chi connectivity index (χ0) is 18.9. The molecule has 26 heavy (non-hydrogen) atoms. The summed E-state index contributed by atoms with van der Waals surface area (Å²) in [6.07, 6.45) is 0. The molecule has 0 unspecified atom stereocenters. The molecule has 0 radical (unpaired) electrons. The van der Waals surface area contributed by atoms with Crippen LogP contribution in [-0.2, 0) is 14.3 Å². The van der Waals surface area contributed by atoms with E-state index in [-0.39, 0.29) is 18.1 Å². The summed E-state index contributed by atoms with van der Waals surface area (Å²) in [6.45, 7) is 3.08. The minimum absolute atomic E-state index is 0.118. The number of halogens is 1. The molecule has 1 aromatic carbocycles. The lowest BCUT2D eigenvalue weighted by atomic mass is 10.0. The monoisotopic (exact) mass is 422 g/mol. The number of benzene rings is 1. The summed E-state index contributed by atoms with van der Waals surface area (Å²) in [4.78, 5) is 36.5. The van der Waals surface area contributed by atoms with Crippen molar-refractivity contribution in [2.24, 2.45) is 0 Å². The van der Waals surface area contributed by atoms with Crippen molar-refractivity contribution in [1.29, 1.82) is 0 Å². The number of amides is 2. The summed E-state index contributed by atoms with van der Waals surface area (Å²) < 4.78 is 16.1. The second kappa shape index (κ2) is 6.83. The third kappa shape index (κ3) is 3.30. The summed E-state index contributed by atoms with van der Waals surface area (Å²) in [7, 11) is 0. The van der Waals surface area contributed by atoms with Gasteiger partial charge in [0, 0.05) is 11.8 Å². The van der Waals surface area contributed by atoms with Crippen LogP contribution in [0.25, 0.3) is 0 Å². The number of carbonyl (C=O) groups excluding carboxylic acids is 3. The zero-order valence-corrected chi connectivity index (χ0v) is 15.5. The van der Waals surface area contributed by atoms with Gasteiger partial charge in [0.2, 0.25) is 0 Å². The van der Waals surface area contributed by atoms with Crippen LogP contribution in [0.3, 0.4) is 0 Å². The molecule has 1 atom stereocenters. The first kappa shape index (κ1) is 18.0. The lowest BCUT2D eigenvalue weighted by Crippen LogP contribution is -2.55. The van der Waals surface area contributed by atoms with E-state index in [1.54, 1.807) is 25.1 Å². The summed E-state index contributed by atoms with van der Waals surface area (Å²) >= 11 is 3.13. The number of carbonyl (C=O) groups is 3. The van der Waals surface area contributed by atoms with Gasteiger partial charge in [-0.15, -0.1) is 0 Å². The van der Waals surface area contributed by atoms with Gasteiger partial charge in [-0.25, -0.2) is 4.79 Å². The third-order valence-electron chi connectivity index (χ3n) is 3.70. The Kier molecular flexibility index (Phi) is 4.73. The van der Waals surface area contributed by atoms with Gasteiger partial charge in [-0.05, 0) is 54.0 Å². The van der Waals surface area contributed by atoms with Gasteiger partial charge in [-0.1, -0.05) is 0 Å². The molecule has 0 aliphatic carbocycles. The molecule has 2 heterocycles. The maximum Gasteiger partial charge on any atom is 0.360 e. The van der Waals surface area contributed by atoms with E-state index < -0.39 is 23.4 Å². The van der Waals surface area contributed by atoms with Gasteiger partial charge in [-0.3, -0.25) is 9.59 Å². The molecular formula is C17H15BrN2O6. The molecule has 0 saturated heterocycles. The Morgan fingerprint density at radius 3 is 2.73 bits per heavy atom. The number of ether oxygens (including phenoxy) is 2. The molecule has 8 nitrogen and oxygen atoms in total. The molecule has 2 aromatic rings. The number of anilines is 2. The molecule has 0 saturated carbocycles. The van der Waals surface area contributed by atoms with Crippen LogP contribution in [0.4, 0.5) is 11.4 Å². The van der Waals surface area contributed by atoms with Crippen molar-refractivity contribution < 1.29 is 28.3 Å². The first-order valence-corrected chi connectivity index (χ1v) is 8.51. The Morgan fingerprint density at radius 2 is 2.08 bits per heavy atom. The average molecular weight is 423 g/mol. The van der Waals surface area contributed by atoms with Gasteiger partial charge < -0.3 is 24.5 Å². The normalized spacial score (nSPS) is 18.3. The molecule has 0 bridgehead atoms. The summed E-state index contributed by atoms with van der Waals surface area (Å²) in [6, 6.07) is 7.77. The highest BCUT2D eigenvalue weighted by Gasteiger charge is 2.48. The molecule has 0 spiro atoms. The molecule has 1 aliphatic heterocycles. The topological polar surface area (TPSA) is 107 Å². The third-order valence-corrected chi connectivity index (χ3v) is 4.12. The SMILES string of the molecule is CCOC(=O)[C@@]1(C)Oc2cc(NC(=O)c3ccc(Br)o3)ccc2NC1=O. The summed E-state index contributed by atoms with van der Waals surface area (Å²) in [5.41, 5.74) is -1.02. The zero-order valence-electron chi connectivity index (χ0n) is 13.9. The van der Waals surface area contributed by atoms with Crippen LogP contribution in [0.2, 0.25) is 0 Å². The van der Waals surface area contributed by atoms with E-state index in [1.807, 2.05) is 0 Å². The molecule has 0 fully saturated rings. The van der Waals surface area contributed by atoms with Gasteiger partial charge in [0.25, 0.3) is 17.4 Å². The molecule has 2 amide bonds. The van der Waals surface area contributed by atoms with Crippen LogP contribution in [0.15, 0.2) is 39.4 Å². The van der Waals surface area contributed by atoms with Crippen LogP contribution in [0.5, 0.6) is 5.75 Å². The van der Waals surface area contributed by atoms with E-state index in [2.05, 4.69) is 26.6 Å². The van der Waals surface area contributed by atoms with Gasteiger partial charge in [0.15, 0.2) is 10.4 Å². The maximum absolute atomic E-state index is 12.2.